The molecule has 0 saturated heterocycles. The van der Waals surface area contributed by atoms with Gasteiger partial charge in [0.1, 0.15) is 5.82 Å². The van der Waals surface area contributed by atoms with E-state index in [1.807, 2.05) is 5.43 Å². The number of benzene rings is 1. The lowest BCUT2D eigenvalue weighted by molar-refractivity contribution is 0.249. The van der Waals surface area contributed by atoms with Crippen LogP contribution in [0.25, 0.3) is 0 Å². The number of nitrogens with two attached hydrogens (primary N) is 1. The summed E-state index contributed by atoms with van der Waals surface area (Å²) in [5.74, 6) is 1.63. The summed E-state index contributed by atoms with van der Waals surface area (Å²) in [5, 5.41) is 3.42. The van der Waals surface area contributed by atoms with Crippen LogP contribution in [0.1, 0.15) is 11.1 Å². The predicted molar refractivity (Wildman–Crippen MR) is 54.6 cm³/mol. The highest BCUT2D eigenvalue weighted by Gasteiger charge is 2.03. The number of rotatable bonds is 2. The van der Waals surface area contributed by atoms with Crippen molar-refractivity contribution < 1.29 is 9.18 Å². The van der Waals surface area contributed by atoms with E-state index < -0.39 is 11.8 Å². The number of carbonyl (C=O) groups is 1. The normalized spacial score (nSPS) is 9.87. The van der Waals surface area contributed by atoms with Crippen LogP contribution in [0.15, 0.2) is 23.3 Å². The number of primary amides is 1. The number of hydrogen-bond donors (Lipinski definition) is 2. The predicted octanol–water partition coefficient (Wildman–Crippen LogP) is 0.809. The van der Waals surface area contributed by atoms with E-state index in [2.05, 4.69) is 11.0 Å². The van der Waals surface area contributed by atoms with Crippen molar-refractivity contribution in [3.8, 4) is 12.3 Å². The van der Waals surface area contributed by atoms with Crippen LogP contribution in [-0.2, 0) is 0 Å². The molecule has 0 heterocycles. The third-order valence-electron chi connectivity index (χ3n) is 1.56. The number of amides is 2. The van der Waals surface area contributed by atoms with Gasteiger partial charge in [-0.05, 0) is 6.07 Å². The van der Waals surface area contributed by atoms with Crippen LogP contribution in [0, 0.1) is 18.2 Å². The molecule has 15 heavy (non-hydrogen) atoms. The van der Waals surface area contributed by atoms with Crippen molar-refractivity contribution in [1.82, 2.24) is 5.43 Å². The van der Waals surface area contributed by atoms with Crippen molar-refractivity contribution in [2.75, 3.05) is 0 Å². The van der Waals surface area contributed by atoms with Gasteiger partial charge in [0, 0.05) is 5.56 Å². The summed E-state index contributed by atoms with van der Waals surface area (Å²) in [6.45, 7) is 0. The van der Waals surface area contributed by atoms with Gasteiger partial charge in [0.25, 0.3) is 0 Å². The number of urea groups is 1. The Morgan fingerprint density at radius 1 is 1.67 bits per heavy atom. The first kappa shape index (κ1) is 10.7. The summed E-state index contributed by atoms with van der Waals surface area (Å²) in [4.78, 5) is 10.3. The molecule has 0 aromatic heterocycles. The second-order valence-electron chi connectivity index (χ2n) is 2.59. The molecule has 0 saturated carbocycles. The fourth-order valence-corrected chi connectivity index (χ4v) is 0.926. The second kappa shape index (κ2) is 4.77. The molecular weight excluding hydrogens is 197 g/mol. The molecule has 0 unspecified atom stereocenters. The lowest BCUT2D eigenvalue weighted by Crippen LogP contribution is -2.24. The molecule has 0 bridgehead atoms. The summed E-state index contributed by atoms with van der Waals surface area (Å²) < 4.78 is 13.4. The SMILES string of the molecule is C#Cc1cccc(C=NNC(N)=O)c1F. The zero-order valence-corrected chi connectivity index (χ0v) is 7.70. The molecule has 0 atom stereocenters. The molecule has 3 N–H and O–H groups in total. The fourth-order valence-electron chi connectivity index (χ4n) is 0.926. The number of nitrogens with zero attached hydrogens (tertiary/aromatic N) is 1. The van der Waals surface area contributed by atoms with Crippen LogP contribution in [0.5, 0.6) is 0 Å². The van der Waals surface area contributed by atoms with E-state index in [9.17, 15) is 9.18 Å². The Morgan fingerprint density at radius 3 is 3.00 bits per heavy atom. The fraction of sp³-hybridized carbons (Fsp3) is 0. The van der Waals surface area contributed by atoms with Crippen LogP contribution < -0.4 is 11.2 Å². The quantitative estimate of drug-likeness (QED) is 0.418. The summed E-state index contributed by atoms with van der Waals surface area (Å²) in [7, 11) is 0. The number of halogens is 1. The lowest BCUT2D eigenvalue weighted by Gasteiger charge is -1.98. The third kappa shape index (κ3) is 2.81. The van der Waals surface area contributed by atoms with Crippen LogP contribution in [0.4, 0.5) is 9.18 Å². The minimum Gasteiger partial charge on any atom is -0.350 e. The molecular formula is C10H8FN3O. The average Bonchev–Trinajstić information content (AvgIpc) is 2.20. The van der Waals surface area contributed by atoms with Crippen molar-refractivity contribution in [3.05, 3.63) is 35.1 Å². The smallest absolute Gasteiger partial charge is 0.332 e. The van der Waals surface area contributed by atoms with Gasteiger partial charge in [0.05, 0.1) is 11.8 Å². The maximum Gasteiger partial charge on any atom is 0.332 e. The number of nitrogens with one attached hydrogen (secondary N) is 1. The zero-order valence-electron chi connectivity index (χ0n) is 7.70. The van der Waals surface area contributed by atoms with Gasteiger partial charge in [-0.25, -0.2) is 14.6 Å². The van der Waals surface area contributed by atoms with Crippen LogP contribution in [-0.4, -0.2) is 12.2 Å². The minimum atomic E-state index is -0.820. The Bertz CT molecular complexity index is 448. The van der Waals surface area contributed by atoms with Gasteiger partial charge < -0.3 is 5.73 Å². The molecule has 0 aliphatic carbocycles. The topological polar surface area (TPSA) is 67.5 Å². The molecule has 0 fully saturated rings. The molecule has 0 aliphatic rings. The highest BCUT2D eigenvalue weighted by atomic mass is 19.1. The van der Waals surface area contributed by atoms with E-state index in [0.29, 0.717) is 0 Å². The Hall–Kier alpha value is -2.35. The molecule has 2 amide bonds. The molecule has 0 radical (unpaired) electrons. The van der Waals surface area contributed by atoms with Crippen molar-refractivity contribution in [2.24, 2.45) is 10.8 Å². The van der Waals surface area contributed by atoms with Gasteiger partial charge >= 0.3 is 6.03 Å². The molecule has 5 heteroatoms. The number of hydrogen-bond acceptors (Lipinski definition) is 2. The molecule has 4 nitrogen and oxygen atoms in total. The van der Waals surface area contributed by atoms with E-state index in [1.165, 1.54) is 12.1 Å². The van der Waals surface area contributed by atoms with Gasteiger partial charge in [-0.15, -0.1) is 6.42 Å². The molecule has 0 aliphatic heterocycles. The molecule has 76 valence electrons. The van der Waals surface area contributed by atoms with Crippen LogP contribution in [0.3, 0.4) is 0 Å². The minimum absolute atomic E-state index is 0.137. The Balaban J connectivity index is 2.92. The van der Waals surface area contributed by atoms with Crippen molar-refractivity contribution in [2.45, 2.75) is 0 Å². The largest absolute Gasteiger partial charge is 0.350 e. The second-order valence-corrected chi connectivity index (χ2v) is 2.59. The van der Waals surface area contributed by atoms with E-state index in [4.69, 9.17) is 12.2 Å². The highest BCUT2D eigenvalue weighted by molar-refractivity contribution is 5.82. The molecule has 1 aromatic carbocycles. The zero-order chi connectivity index (χ0) is 11.3. The van der Waals surface area contributed by atoms with Gasteiger partial charge in [-0.2, -0.15) is 5.10 Å². The van der Waals surface area contributed by atoms with E-state index >= 15 is 0 Å². The Kier molecular flexibility index (Phi) is 3.41. The average molecular weight is 205 g/mol. The van der Waals surface area contributed by atoms with Crippen LogP contribution in [0.2, 0.25) is 0 Å². The van der Waals surface area contributed by atoms with Gasteiger partial charge in [0.2, 0.25) is 0 Å². The molecule has 1 aromatic rings. The van der Waals surface area contributed by atoms with Crippen molar-refractivity contribution in [3.63, 3.8) is 0 Å². The Morgan fingerprint density at radius 2 is 2.40 bits per heavy atom. The van der Waals surface area contributed by atoms with Gasteiger partial charge in [-0.3, -0.25) is 0 Å². The summed E-state index contributed by atoms with van der Waals surface area (Å²) in [5.41, 5.74) is 7.03. The monoisotopic (exact) mass is 205 g/mol. The van der Waals surface area contributed by atoms with Crippen molar-refractivity contribution in [1.29, 1.82) is 0 Å². The molecule has 0 spiro atoms. The number of carbonyl (C=O) groups excluding carboxylic acids is 1. The van der Waals surface area contributed by atoms with Gasteiger partial charge in [-0.1, -0.05) is 18.1 Å². The van der Waals surface area contributed by atoms with Crippen LogP contribution >= 0.6 is 0 Å². The molecule has 1 rings (SSSR count). The van der Waals surface area contributed by atoms with E-state index in [-0.39, 0.29) is 11.1 Å². The Labute approximate surface area is 86.0 Å². The highest BCUT2D eigenvalue weighted by Crippen LogP contribution is 2.09. The summed E-state index contributed by atoms with van der Waals surface area (Å²) in [6, 6.07) is 3.71. The van der Waals surface area contributed by atoms with E-state index in [1.54, 1.807) is 6.07 Å². The number of terminal acetylenes is 1. The third-order valence-corrected chi connectivity index (χ3v) is 1.56. The standard InChI is InChI=1S/C10H8FN3O/c1-2-7-4-3-5-8(9(7)11)6-13-14-10(12)15/h1,3-6H,(H3,12,14,15). The van der Waals surface area contributed by atoms with Crippen molar-refractivity contribution >= 4 is 12.2 Å². The maximum absolute atomic E-state index is 13.4. The first-order chi connectivity index (χ1) is 7.15. The first-order valence-corrected chi connectivity index (χ1v) is 3.98. The van der Waals surface area contributed by atoms with Gasteiger partial charge in [0.15, 0.2) is 0 Å². The summed E-state index contributed by atoms with van der Waals surface area (Å²) in [6.07, 6.45) is 6.20. The summed E-state index contributed by atoms with van der Waals surface area (Å²) >= 11 is 0. The maximum atomic E-state index is 13.4. The number of hydrazone groups is 1. The van der Waals surface area contributed by atoms with E-state index in [0.717, 1.165) is 6.21 Å². The lowest BCUT2D eigenvalue weighted by atomic mass is 10.1. The first-order valence-electron chi connectivity index (χ1n) is 3.98.